The predicted molar refractivity (Wildman–Crippen MR) is 135 cm³/mol. The molecule has 0 amide bonds. The lowest BCUT2D eigenvalue weighted by molar-refractivity contribution is -0.118. The van der Waals surface area contributed by atoms with Gasteiger partial charge in [-0.1, -0.05) is 61.5 Å². The van der Waals surface area contributed by atoms with Gasteiger partial charge in [-0.15, -0.1) is 0 Å². The maximum Gasteiger partial charge on any atom is 0.137 e. The number of halogens is 2. The van der Waals surface area contributed by atoms with Crippen molar-refractivity contribution < 1.29 is 13.6 Å². The molecule has 1 aliphatic rings. The summed E-state index contributed by atoms with van der Waals surface area (Å²) in [7, 11) is 1.79. The van der Waals surface area contributed by atoms with Crippen molar-refractivity contribution in [3.63, 3.8) is 0 Å². The Kier molecular flexibility index (Phi) is 7.69. The zero-order chi connectivity index (χ0) is 24.1. The largest absolute Gasteiger partial charge is 0.316 e. The van der Waals surface area contributed by atoms with Crippen LogP contribution in [-0.2, 0) is 37.0 Å². The van der Waals surface area contributed by atoms with E-state index in [-0.39, 0.29) is 17.4 Å². The van der Waals surface area contributed by atoms with Gasteiger partial charge in [0.25, 0.3) is 0 Å². The third-order valence-electron chi connectivity index (χ3n) is 6.53. The van der Waals surface area contributed by atoms with Gasteiger partial charge in [0, 0.05) is 36.1 Å². The lowest BCUT2D eigenvalue weighted by Crippen LogP contribution is -2.08. The number of fused-ring (bicyclic) bond motifs is 1. The lowest BCUT2D eigenvalue weighted by atomic mass is 9.89. The maximum atomic E-state index is 15.5. The van der Waals surface area contributed by atoms with Crippen molar-refractivity contribution in [3.05, 3.63) is 99.6 Å². The average Bonchev–Trinajstić information content (AvgIpc) is 3.32. The molecule has 0 heterocycles. The molecule has 0 atom stereocenters. The summed E-state index contributed by atoms with van der Waals surface area (Å²) in [5.41, 5.74) is 5.92. The predicted octanol–water partition coefficient (Wildman–Crippen LogP) is 6.62. The quantitative estimate of drug-likeness (QED) is 0.369. The van der Waals surface area contributed by atoms with Crippen LogP contribution in [0.15, 0.2) is 54.6 Å². The molecule has 0 aliphatic heterocycles. The van der Waals surface area contributed by atoms with Crippen LogP contribution >= 0.6 is 0 Å². The van der Waals surface area contributed by atoms with E-state index < -0.39 is 0 Å². The number of hydrogen-bond acceptors (Lipinski definition) is 2. The van der Waals surface area contributed by atoms with E-state index in [1.54, 1.807) is 19.2 Å². The summed E-state index contributed by atoms with van der Waals surface area (Å²) in [6.45, 7) is 2.44. The van der Waals surface area contributed by atoms with E-state index in [4.69, 9.17) is 0 Å². The van der Waals surface area contributed by atoms with E-state index in [9.17, 15) is 4.79 Å². The lowest BCUT2D eigenvalue weighted by Gasteiger charge is -2.16. The Labute approximate surface area is 200 Å². The third kappa shape index (κ3) is 5.02. The van der Waals surface area contributed by atoms with Crippen LogP contribution in [0.3, 0.4) is 0 Å². The minimum absolute atomic E-state index is 0.223. The number of nitrogens with one attached hydrogen (secondary N) is 1. The summed E-state index contributed by atoms with van der Waals surface area (Å²) in [4.78, 5) is 12.2. The summed E-state index contributed by atoms with van der Waals surface area (Å²) >= 11 is 0. The monoisotopic (exact) mass is 459 g/mol. The SMILES string of the molecule is CCCC(=O)Cc1ccccc1CCc1cc(-c2cccc(CNC)c2F)c2c(c1F)C=CC2. The van der Waals surface area contributed by atoms with Gasteiger partial charge in [0.2, 0.25) is 0 Å². The number of aryl methyl sites for hydroxylation is 2. The number of carbonyl (C=O) groups is 1. The Balaban J connectivity index is 1.67. The summed E-state index contributed by atoms with van der Waals surface area (Å²) < 4.78 is 30.8. The molecule has 0 unspecified atom stereocenters. The highest BCUT2D eigenvalue weighted by atomic mass is 19.1. The van der Waals surface area contributed by atoms with E-state index in [1.165, 1.54) is 0 Å². The number of hydrogen-bond donors (Lipinski definition) is 1. The first-order chi connectivity index (χ1) is 16.5. The Bertz CT molecular complexity index is 1230. The minimum Gasteiger partial charge on any atom is -0.316 e. The van der Waals surface area contributed by atoms with Gasteiger partial charge in [0.1, 0.15) is 17.4 Å². The first-order valence-corrected chi connectivity index (χ1v) is 12.0. The van der Waals surface area contributed by atoms with E-state index in [0.29, 0.717) is 60.9 Å². The molecule has 0 spiro atoms. The summed E-state index contributed by atoms with van der Waals surface area (Å²) in [5, 5.41) is 3.01. The zero-order valence-corrected chi connectivity index (χ0v) is 19.9. The molecule has 0 saturated carbocycles. The second kappa shape index (κ2) is 10.9. The molecule has 0 saturated heterocycles. The van der Waals surface area contributed by atoms with E-state index in [0.717, 1.165) is 28.7 Å². The molecular weight excluding hydrogens is 428 g/mol. The molecule has 1 N–H and O–H groups in total. The van der Waals surface area contributed by atoms with Gasteiger partial charge in [-0.25, -0.2) is 8.78 Å². The Hall–Kier alpha value is -3.11. The number of carbonyl (C=O) groups excluding carboxylic acids is 1. The standard InChI is InChI=1S/C30H31F2NO/c1-3-8-24(34)17-21-10-5-4-9-20(21)15-16-22-18-28(25-12-7-14-26(25)29(22)31)27-13-6-11-23(19-33-2)30(27)32/h4-7,9-11,13-14,18,33H,3,8,12,15-17,19H2,1-2H3. The van der Waals surface area contributed by atoms with E-state index in [2.05, 4.69) is 5.32 Å². The fraction of sp³-hybridized carbons (Fsp3) is 0.300. The molecule has 1 aliphatic carbocycles. The van der Waals surface area contributed by atoms with Crippen LogP contribution in [0.1, 0.15) is 53.1 Å². The first-order valence-electron chi connectivity index (χ1n) is 12.0. The van der Waals surface area contributed by atoms with Crippen LogP contribution in [-0.4, -0.2) is 12.8 Å². The molecule has 0 fully saturated rings. The van der Waals surface area contributed by atoms with Crippen LogP contribution in [0, 0.1) is 11.6 Å². The maximum absolute atomic E-state index is 15.5. The van der Waals surface area contributed by atoms with Crippen LogP contribution in [0.5, 0.6) is 0 Å². The minimum atomic E-state index is -0.261. The average molecular weight is 460 g/mol. The molecule has 176 valence electrons. The second-order valence-corrected chi connectivity index (χ2v) is 8.94. The van der Waals surface area contributed by atoms with Gasteiger partial charge < -0.3 is 5.32 Å². The van der Waals surface area contributed by atoms with Gasteiger partial charge in [-0.05, 0) is 66.6 Å². The van der Waals surface area contributed by atoms with Crippen molar-refractivity contribution in [3.8, 4) is 11.1 Å². The number of allylic oxidation sites excluding steroid dienone is 1. The highest BCUT2D eigenvalue weighted by Crippen LogP contribution is 2.37. The van der Waals surface area contributed by atoms with Crippen molar-refractivity contribution in [1.82, 2.24) is 5.32 Å². The molecule has 34 heavy (non-hydrogen) atoms. The highest BCUT2D eigenvalue weighted by molar-refractivity contribution is 5.81. The van der Waals surface area contributed by atoms with Crippen molar-refractivity contribution in [2.45, 2.75) is 52.0 Å². The fourth-order valence-corrected chi connectivity index (χ4v) is 4.82. The summed E-state index contributed by atoms with van der Waals surface area (Å²) in [6.07, 6.45) is 7.27. The third-order valence-corrected chi connectivity index (χ3v) is 6.53. The molecule has 4 heteroatoms. The Morgan fingerprint density at radius 2 is 1.65 bits per heavy atom. The fourth-order valence-electron chi connectivity index (χ4n) is 4.82. The van der Waals surface area contributed by atoms with Crippen LogP contribution < -0.4 is 5.32 Å². The zero-order valence-electron chi connectivity index (χ0n) is 19.9. The molecule has 3 aromatic rings. The van der Waals surface area contributed by atoms with Crippen LogP contribution in [0.25, 0.3) is 17.2 Å². The molecule has 4 rings (SSSR count). The van der Waals surface area contributed by atoms with Gasteiger partial charge in [0.05, 0.1) is 0 Å². The molecule has 3 aromatic carbocycles. The van der Waals surface area contributed by atoms with Crippen molar-refractivity contribution in [1.29, 1.82) is 0 Å². The number of Topliss-reactive ketones (excluding diaryl/α,β-unsaturated/α-hetero) is 1. The molecule has 0 bridgehead atoms. The topological polar surface area (TPSA) is 29.1 Å². The smallest absolute Gasteiger partial charge is 0.137 e. The van der Waals surface area contributed by atoms with E-state index >= 15 is 8.78 Å². The summed E-state index contributed by atoms with van der Waals surface area (Å²) in [6, 6.07) is 15.1. The van der Waals surface area contributed by atoms with Crippen LogP contribution in [0.4, 0.5) is 8.78 Å². The van der Waals surface area contributed by atoms with Crippen LogP contribution in [0.2, 0.25) is 0 Å². The number of benzene rings is 3. The molecule has 0 aromatic heterocycles. The molecule has 0 radical (unpaired) electrons. The number of ketones is 1. The normalized spacial score (nSPS) is 12.2. The number of rotatable bonds is 10. The Morgan fingerprint density at radius 3 is 2.41 bits per heavy atom. The van der Waals surface area contributed by atoms with E-state index in [1.807, 2.05) is 55.5 Å². The summed E-state index contributed by atoms with van der Waals surface area (Å²) in [5.74, 6) is -0.259. The van der Waals surface area contributed by atoms with Gasteiger partial charge in [-0.3, -0.25) is 4.79 Å². The molecule has 2 nitrogen and oxygen atoms in total. The Morgan fingerprint density at radius 1 is 0.912 bits per heavy atom. The van der Waals surface area contributed by atoms with Gasteiger partial charge in [-0.2, -0.15) is 0 Å². The first kappa shape index (κ1) is 24.0. The highest BCUT2D eigenvalue weighted by Gasteiger charge is 2.22. The van der Waals surface area contributed by atoms with Crippen molar-refractivity contribution in [2.75, 3.05) is 7.05 Å². The van der Waals surface area contributed by atoms with Crippen molar-refractivity contribution >= 4 is 11.9 Å². The molecular formula is C30H31F2NO. The van der Waals surface area contributed by atoms with Crippen molar-refractivity contribution in [2.24, 2.45) is 0 Å². The van der Waals surface area contributed by atoms with Gasteiger partial charge >= 0.3 is 0 Å². The van der Waals surface area contributed by atoms with Gasteiger partial charge in [0.15, 0.2) is 0 Å². The second-order valence-electron chi connectivity index (χ2n) is 8.94.